The van der Waals surface area contributed by atoms with Crippen molar-refractivity contribution >= 4 is 12.1 Å². The molecule has 0 radical (unpaired) electrons. The maximum atomic E-state index is 11.2. The Balaban J connectivity index is 2.45. The number of carbonyl (C=O) groups excluding carboxylic acids is 1. The van der Waals surface area contributed by atoms with Crippen LogP contribution in [0.2, 0.25) is 0 Å². The molecule has 0 saturated carbocycles. The van der Waals surface area contributed by atoms with Gasteiger partial charge < -0.3 is 14.6 Å². The lowest BCUT2D eigenvalue weighted by Gasteiger charge is -2.30. The molecule has 1 rings (SSSR count). The Bertz CT molecular complexity index is 364. The summed E-state index contributed by atoms with van der Waals surface area (Å²) in [5.74, 6) is -0.374. The minimum atomic E-state index is -0.984. The summed E-state index contributed by atoms with van der Waals surface area (Å²) in [6.07, 6.45) is 3.30. The Morgan fingerprint density at radius 2 is 2.21 bits per heavy atom. The fourth-order valence-corrected chi connectivity index (χ4v) is 2.14. The minimum absolute atomic E-state index is 0.181. The van der Waals surface area contributed by atoms with Crippen LogP contribution >= 0.6 is 0 Å². The van der Waals surface area contributed by atoms with Crippen LogP contribution in [-0.4, -0.2) is 47.0 Å². The first-order chi connectivity index (χ1) is 8.88. The number of nitrogens with zero attached hydrogens (tertiary/aromatic N) is 1. The number of hydrogen-bond donors (Lipinski definition) is 1. The van der Waals surface area contributed by atoms with Gasteiger partial charge in [-0.05, 0) is 33.6 Å². The molecule has 0 aromatic heterocycles. The first-order valence-corrected chi connectivity index (χ1v) is 6.38. The van der Waals surface area contributed by atoms with Crippen LogP contribution in [0.1, 0.15) is 33.6 Å². The third kappa shape index (κ3) is 4.24. The Morgan fingerprint density at radius 3 is 2.79 bits per heavy atom. The molecule has 0 bridgehead atoms. The van der Waals surface area contributed by atoms with Crippen LogP contribution in [0.5, 0.6) is 0 Å². The average Bonchev–Trinajstić information content (AvgIpc) is 2.60. The predicted octanol–water partition coefficient (Wildman–Crippen LogP) is 2.00. The molecule has 1 heterocycles. The standard InChI is InChI=1S/C13H21NO5/c1-4-18-11(15)8-6-5-7-10-9-19-13(2,3)14(10)12(16)17/h6,8,10H,4-5,7,9H2,1-3H3,(H,16,17)/b8-6+/t10-/m1/s1. The number of amides is 1. The monoisotopic (exact) mass is 271 g/mol. The van der Waals surface area contributed by atoms with E-state index in [1.165, 1.54) is 11.0 Å². The lowest BCUT2D eigenvalue weighted by Crippen LogP contribution is -2.47. The largest absolute Gasteiger partial charge is 0.465 e. The van der Waals surface area contributed by atoms with E-state index >= 15 is 0 Å². The summed E-state index contributed by atoms with van der Waals surface area (Å²) < 4.78 is 10.2. The Labute approximate surface area is 113 Å². The van der Waals surface area contributed by atoms with Crippen LogP contribution in [0.25, 0.3) is 0 Å². The second kappa shape index (κ2) is 6.56. The van der Waals surface area contributed by atoms with E-state index in [1.54, 1.807) is 26.8 Å². The van der Waals surface area contributed by atoms with Crippen molar-refractivity contribution in [1.82, 2.24) is 4.90 Å². The number of esters is 1. The summed E-state index contributed by atoms with van der Waals surface area (Å²) in [6.45, 7) is 5.94. The topological polar surface area (TPSA) is 76.1 Å². The van der Waals surface area contributed by atoms with Crippen molar-refractivity contribution in [1.29, 1.82) is 0 Å². The Kier molecular flexibility index (Phi) is 5.35. The van der Waals surface area contributed by atoms with Crippen LogP contribution in [0.4, 0.5) is 4.79 Å². The van der Waals surface area contributed by atoms with Crippen LogP contribution in [0, 0.1) is 0 Å². The van der Waals surface area contributed by atoms with Gasteiger partial charge in [0.05, 0.1) is 19.3 Å². The molecule has 1 fully saturated rings. The summed E-state index contributed by atoms with van der Waals surface area (Å²) in [4.78, 5) is 23.6. The summed E-state index contributed by atoms with van der Waals surface area (Å²) in [5, 5.41) is 9.19. The van der Waals surface area contributed by atoms with Gasteiger partial charge in [0, 0.05) is 6.08 Å². The van der Waals surface area contributed by atoms with Crippen LogP contribution in [0.3, 0.4) is 0 Å². The van der Waals surface area contributed by atoms with E-state index in [-0.39, 0.29) is 12.0 Å². The smallest absolute Gasteiger partial charge is 0.409 e. The van der Waals surface area contributed by atoms with Gasteiger partial charge in [-0.1, -0.05) is 6.08 Å². The van der Waals surface area contributed by atoms with Crippen molar-refractivity contribution in [3.05, 3.63) is 12.2 Å². The summed E-state index contributed by atoms with van der Waals surface area (Å²) in [5.41, 5.74) is -0.790. The number of carboxylic acid groups (broad SMARTS) is 1. The zero-order chi connectivity index (χ0) is 14.5. The number of hydrogen-bond acceptors (Lipinski definition) is 4. The minimum Gasteiger partial charge on any atom is -0.465 e. The fourth-order valence-electron chi connectivity index (χ4n) is 2.14. The molecule has 6 heteroatoms. The van der Waals surface area contributed by atoms with Crippen LogP contribution < -0.4 is 0 Å². The van der Waals surface area contributed by atoms with E-state index in [0.29, 0.717) is 26.1 Å². The van der Waals surface area contributed by atoms with Gasteiger partial charge in [0.25, 0.3) is 0 Å². The number of rotatable bonds is 5. The Hall–Kier alpha value is -1.56. The molecule has 0 aliphatic carbocycles. The van der Waals surface area contributed by atoms with E-state index in [9.17, 15) is 14.7 Å². The van der Waals surface area contributed by atoms with Gasteiger partial charge in [0.2, 0.25) is 0 Å². The van der Waals surface area contributed by atoms with Gasteiger partial charge in [-0.2, -0.15) is 0 Å². The van der Waals surface area contributed by atoms with E-state index in [2.05, 4.69) is 0 Å². The quantitative estimate of drug-likeness (QED) is 0.611. The molecule has 1 atom stereocenters. The molecule has 1 aliphatic heterocycles. The average molecular weight is 271 g/mol. The summed E-state index contributed by atoms with van der Waals surface area (Å²) in [6, 6.07) is -0.181. The van der Waals surface area contributed by atoms with Crippen molar-refractivity contribution in [2.45, 2.75) is 45.4 Å². The highest BCUT2D eigenvalue weighted by atomic mass is 16.5. The molecule has 1 N–H and O–H groups in total. The molecule has 0 aromatic rings. The van der Waals surface area contributed by atoms with Crippen LogP contribution in [-0.2, 0) is 14.3 Å². The van der Waals surface area contributed by atoms with Crippen molar-refractivity contribution in [2.75, 3.05) is 13.2 Å². The third-order valence-corrected chi connectivity index (χ3v) is 2.99. The van der Waals surface area contributed by atoms with E-state index < -0.39 is 11.8 Å². The lowest BCUT2D eigenvalue weighted by molar-refractivity contribution is -0.137. The molecule has 108 valence electrons. The molecule has 0 spiro atoms. The predicted molar refractivity (Wildman–Crippen MR) is 68.7 cm³/mol. The molecule has 0 aromatic carbocycles. The van der Waals surface area contributed by atoms with Gasteiger partial charge in [-0.25, -0.2) is 9.59 Å². The maximum Gasteiger partial charge on any atom is 0.409 e. The van der Waals surface area contributed by atoms with E-state index in [1.807, 2.05) is 0 Å². The molecule has 1 aliphatic rings. The van der Waals surface area contributed by atoms with E-state index in [4.69, 9.17) is 9.47 Å². The molecule has 1 amide bonds. The van der Waals surface area contributed by atoms with Crippen molar-refractivity contribution in [3.8, 4) is 0 Å². The van der Waals surface area contributed by atoms with E-state index in [0.717, 1.165) is 0 Å². The second-order valence-corrected chi connectivity index (χ2v) is 4.80. The molecule has 1 saturated heterocycles. The zero-order valence-corrected chi connectivity index (χ0v) is 11.6. The van der Waals surface area contributed by atoms with Gasteiger partial charge in [0.1, 0.15) is 5.72 Å². The number of allylic oxidation sites excluding steroid dienone is 1. The van der Waals surface area contributed by atoms with Crippen molar-refractivity contribution < 1.29 is 24.2 Å². The fraction of sp³-hybridized carbons (Fsp3) is 0.692. The number of carbonyl (C=O) groups is 2. The van der Waals surface area contributed by atoms with Crippen molar-refractivity contribution in [2.24, 2.45) is 0 Å². The van der Waals surface area contributed by atoms with Gasteiger partial charge >= 0.3 is 12.1 Å². The highest BCUT2D eigenvalue weighted by Crippen LogP contribution is 2.29. The molecule has 0 unspecified atom stereocenters. The van der Waals surface area contributed by atoms with Gasteiger partial charge in [-0.3, -0.25) is 4.90 Å². The normalized spacial score (nSPS) is 21.8. The SMILES string of the molecule is CCOC(=O)/C=C/CC[C@@H]1COC(C)(C)N1C(=O)O. The van der Waals surface area contributed by atoms with Crippen molar-refractivity contribution in [3.63, 3.8) is 0 Å². The zero-order valence-electron chi connectivity index (χ0n) is 11.6. The summed E-state index contributed by atoms with van der Waals surface area (Å²) >= 11 is 0. The lowest BCUT2D eigenvalue weighted by atomic mass is 10.1. The van der Waals surface area contributed by atoms with Gasteiger partial charge in [0.15, 0.2) is 0 Å². The first-order valence-electron chi connectivity index (χ1n) is 6.38. The van der Waals surface area contributed by atoms with Gasteiger partial charge in [-0.15, -0.1) is 0 Å². The van der Waals surface area contributed by atoms with Crippen LogP contribution in [0.15, 0.2) is 12.2 Å². The Morgan fingerprint density at radius 1 is 1.53 bits per heavy atom. The first kappa shape index (κ1) is 15.5. The molecule has 6 nitrogen and oxygen atoms in total. The highest BCUT2D eigenvalue weighted by molar-refractivity contribution is 5.81. The summed E-state index contributed by atoms with van der Waals surface area (Å²) in [7, 11) is 0. The highest BCUT2D eigenvalue weighted by Gasteiger charge is 2.43. The molecular weight excluding hydrogens is 250 g/mol. The second-order valence-electron chi connectivity index (χ2n) is 4.80. The maximum absolute atomic E-state index is 11.2. The molecule has 19 heavy (non-hydrogen) atoms. The molecular formula is C13H21NO5. The number of ether oxygens (including phenoxy) is 2. The third-order valence-electron chi connectivity index (χ3n) is 2.99.